The number of pyridine rings is 1. The lowest BCUT2D eigenvalue weighted by Gasteiger charge is -2.39. The lowest BCUT2D eigenvalue weighted by molar-refractivity contribution is 0.135. The van der Waals surface area contributed by atoms with Gasteiger partial charge in [0, 0.05) is 48.1 Å². The molecule has 0 aliphatic carbocycles. The normalized spacial score (nSPS) is 22.2. The summed E-state index contributed by atoms with van der Waals surface area (Å²) in [7, 11) is 0. The van der Waals surface area contributed by atoms with Crippen LogP contribution in [-0.2, 0) is 0 Å². The standard InChI is InChI=1S/C26H30N8/c1-3-7-20-23(28-2)16-24(31-26-21-8-4-5-9-22(21)32-33-26)30-25(20)29-17-14-18-10-11-19(15-17)34(18)13-6-12-27/h3-5,7-9,16-19H,2,6,10-11,13-15H2,1H3,(H3,29,30,31,32,33)/b7-3-/t17?,18-,19+. The van der Waals surface area contributed by atoms with Crippen LogP contribution in [0.15, 0.2) is 41.4 Å². The van der Waals surface area contributed by atoms with Crippen molar-refractivity contribution in [3.8, 4) is 6.07 Å². The van der Waals surface area contributed by atoms with E-state index in [4.69, 9.17) is 10.2 Å². The Morgan fingerprint density at radius 1 is 1.26 bits per heavy atom. The number of aliphatic imine (C=N–C) groups is 1. The fourth-order valence-corrected chi connectivity index (χ4v) is 5.49. The fraction of sp³-hybridized carbons (Fsp3) is 0.385. The number of hydrogen-bond acceptors (Lipinski definition) is 7. The molecule has 3 N–H and O–H groups in total. The van der Waals surface area contributed by atoms with Crippen LogP contribution in [0, 0.1) is 11.3 Å². The van der Waals surface area contributed by atoms with E-state index in [1.165, 1.54) is 12.8 Å². The summed E-state index contributed by atoms with van der Waals surface area (Å²) in [5.74, 6) is 2.21. The Bertz CT molecular complexity index is 1240. The molecule has 2 aliphatic rings. The van der Waals surface area contributed by atoms with Gasteiger partial charge in [0.15, 0.2) is 5.82 Å². The largest absolute Gasteiger partial charge is 0.367 e. The predicted octanol–water partition coefficient (Wildman–Crippen LogP) is 5.39. The number of fused-ring (bicyclic) bond motifs is 3. The summed E-state index contributed by atoms with van der Waals surface area (Å²) >= 11 is 0. The van der Waals surface area contributed by atoms with Crippen LogP contribution in [0.5, 0.6) is 0 Å². The molecule has 0 amide bonds. The number of hydrogen-bond donors (Lipinski definition) is 3. The predicted molar refractivity (Wildman–Crippen MR) is 138 cm³/mol. The number of benzene rings is 1. The van der Waals surface area contributed by atoms with Gasteiger partial charge < -0.3 is 10.6 Å². The molecule has 8 nitrogen and oxygen atoms in total. The molecule has 3 atom stereocenters. The smallest absolute Gasteiger partial charge is 0.161 e. The second-order valence-electron chi connectivity index (χ2n) is 9.03. The van der Waals surface area contributed by atoms with Gasteiger partial charge >= 0.3 is 0 Å². The lowest BCUT2D eigenvalue weighted by Crippen LogP contribution is -2.47. The monoisotopic (exact) mass is 454 g/mol. The number of para-hydroxylation sites is 1. The van der Waals surface area contributed by atoms with E-state index in [-0.39, 0.29) is 0 Å². The van der Waals surface area contributed by atoms with Gasteiger partial charge in [0.05, 0.1) is 17.3 Å². The summed E-state index contributed by atoms with van der Waals surface area (Å²) in [5.41, 5.74) is 2.68. The van der Waals surface area contributed by atoms with Gasteiger partial charge in [-0.1, -0.05) is 24.3 Å². The van der Waals surface area contributed by atoms with E-state index in [1.54, 1.807) is 0 Å². The number of nitrogens with one attached hydrogen (secondary N) is 3. The van der Waals surface area contributed by atoms with Crippen molar-refractivity contribution in [3.05, 3.63) is 42.0 Å². The highest BCUT2D eigenvalue weighted by Gasteiger charge is 2.40. The summed E-state index contributed by atoms with van der Waals surface area (Å²) in [5, 5.41) is 24.6. The van der Waals surface area contributed by atoms with Crippen LogP contribution in [0.3, 0.4) is 0 Å². The summed E-state index contributed by atoms with van der Waals surface area (Å²) in [6.45, 7) is 6.67. The van der Waals surface area contributed by atoms with E-state index >= 15 is 0 Å². The zero-order chi connectivity index (χ0) is 23.5. The zero-order valence-electron chi connectivity index (χ0n) is 19.5. The first-order chi connectivity index (χ1) is 16.7. The molecule has 0 spiro atoms. The maximum Gasteiger partial charge on any atom is 0.161 e. The van der Waals surface area contributed by atoms with E-state index in [1.807, 2.05) is 49.4 Å². The number of anilines is 3. The summed E-state index contributed by atoms with van der Waals surface area (Å²) in [6, 6.07) is 13.6. The first-order valence-electron chi connectivity index (χ1n) is 11.9. The van der Waals surface area contributed by atoms with Gasteiger partial charge in [0.1, 0.15) is 11.6 Å². The van der Waals surface area contributed by atoms with Crippen molar-refractivity contribution in [2.24, 2.45) is 4.99 Å². The molecule has 0 radical (unpaired) electrons. The average molecular weight is 455 g/mol. The van der Waals surface area contributed by atoms with Crippen LogP contribution in [-0.4, -0.2) is 51.5 Å². The van der Waals surface area contributed by atoms with Crippen molar-refractivity contribution in [3.63, 3.8) is 0 Å². The maximum atomic E-state index is 9.01. The molecule has 8 heteroatoms. The van der Waals surface area contributed by atoms with Crippen molar-refractivity contribution in [1.29, 1.82) is 5.26 Å². The Kier molecular flexibility index (Phi) is 6.28. The van der Waals surface area contributed by atoms with Crippen molar-refractivity contribution < 1.29 is 0 Å². The first-order valence-corrected chi connectivity index (χ1v) is 11.9. The van der Waals surface area contributed by atoms with E-state index in [9.17, 15) is 0 Å². The molecule has 5 rings (SSSR count). The Hall–Kier alpha value is -3.70. The quantitative estimate of drug-likeness (QED) is 0.394. The molecule has 1 unspecified atom stereocenters. The highest BCUT2D eigenvalue weighted by molar-refractivity contribution is 5.91. The third-order valence-electron chi connectivity index (χ3n) is 6.96. The van der Waals surface area contributed by atoms with Gasteiger partial charge in [-0.25, -0.2) is 4.98 Å². The molecule has 2 aromatic heterocycles. The van der Waals surface area contributed by atoms with Crippen LogP contribution in [0.4, 0.5) is 23.1 Å². The molecule has 4 heterocycles. The second-order valence-corrected chi connectivity index (χ2v) is 9.03. The zero-order valence-corrected chi connectivity index (χ0v) is 19.5. The van der Waals surface area contributed by atoms with Gasteiger partial charge in [0.2, 0.25) is 0 Å². The van der Waals surface area contributed by atoms with E-state index in [2.05, 4.69) is 43.5 Å². The summed E-state index contributed by atoms with van der Waals surface area (Å²) in [6.07, 6.45) is 9.15. The van der Waals surface area contributed by atoms with Crippen molar-refractivity contribution in [2.45, 2.75) is 57.2 Å². The number of H-pyrrole nitrogens is 1. The van der Waals surface area contributed by atoms with Crippen molar-refractivity contribution >= 4 is 46.8 Å². The SMILES string of the molecule is C=Nc1cc(Nc2n[nH]c3ccccc23)nc(NC2C[C@H]3CC[C@@H](C2)N3CCC#N)c1/C=C\C. The second kappa shape index (κ2) is 9.65. The lowest BCUT2D eigenvalue weighted by atomic mass is 9.96. The van der Waals surface area contributed by atoms with E-state index in [0.29, 0.717) is 30.4 Å². The Morgan fingerprint density at radius 2 is 2.06 bits per heavy atom. The Balaban J connectivity index is 1.42. The van der Waals surface area contributed by atoms with E-state index in [0.717, 1.165) is 53.2 Å². The van der Waals surface area contributed by atoms with Crippen molar-refractivity contribution in [1.82, 2.24) is 20.1 Å². The number of rotatable bonds is 8. The molecule has 0 saturated carbocycles. The minimum atomic E-state index is 0.325. The molecule has 3 aromatic rings. The fourth-order valence-electron chi connectivity index (χ4n) is 5.49. The molecule has 174 valence electrons. The number of allylic oxidation sites excluding steroid dienone is 1. The number of nitrogens with zero attached hydrogens (tertiary/aromatic N) is 5. The van der Waals surface area contributed by atoms with Crippen LogP contribution < -0.4 is 10.6 Å². The third-order valence-corrected chi connectivity index (χ3v) is 6.96. The molecule has 2 bridgehead atoms. The first kappa shape index (κ1) is 22.1. The number of aromatic nitrogens is 3. The molecule has 1 aromatic carbocycles. The van der Waals surface area contributed by atoms with Crippen molar-refractivity contribution in [2.75, 3.05) is 17.2 Å². The number of aromatic amines is 1. The van der Waals surface area contributed by atoms with Crippen LogP contribution >= 0.6 is 0 Å². The Labute approximate surface area is 199 Å². The average Bonchev–Trinajstić information content (AvgIpc) is 3.36. The van der Waals surface area contributed by atoms with Gasteiger partial charge in [0.25, 0.3) is 0 Å². The third kappa shape index (κ3) is 4.27. The van der Waals surface area contributed by atoms with Gasteiger partial charge in [-0.3, -0.25) is 15.0 Å². The highest BCUT2D eigenvalue weighted by Crippen LogP contribution is 2.38. The topological polar surface area (TPSA) is 105 Å². The molecule has 2 aliphatic heterocycles. The molecule has 2 saturated heterocycles. The molecule has 34 heavy (non-hydrogen) atoms. The Morgan fingerprint density at radius 3 is 2.79 bits per heavy atom. The van der Waals surface area contributed by atoms with Gasteiger partial charge in [-0.05, 0) is 51.5 Å². The molecular formula is C26H30N8. The minimum absolute atomic E-state index is 0.325. The molecule has 2 fully saturated rings. The maximum absolute atomic E-state index is 9.01. The highest BCUT2D eigenvalue weighted by atomic mass is 15.2. The minimum Gasteiger partial charge on any atom is -0.367 e. The molecular weight excluding hydrogens is 424 g/mol. The van der Waals surface area contributed by atoms with Crippen LogP contribution in [0.25, 0.3) is 17.0 Å². The number of piperidine rings is 1. The summed E-state index contributed by atoms with van der Waals surface area (Å²) < 4.78 is 0. The van der Waals surface area contributed by atoms with Gasteiger partial charge in [-0.15, -0.1) is 0 Å². The summed E-state index contributed by atoms with van der Waals surface area (Å²) in [4.78, 5) is 11.8. The van der Waals surface area contributed by atoms with Gasteiger partial charge in [-0.2, -0.15) is 10.4 Å². The number of nitriles is 1. The van der Waals surface area contributed by atoms with Crippen LogP contribution in [0.1, 0.15) is 44.6 Å². The van der Waals surface area contributed by atoms with E-state index < -0.39 is 0 Å². The van der Waals surface area contributed by atoms with Crippen LogP contribution in [0.2, 0.25) is 0 Å².